The quantitative estimate of drug-likeness (QED) is 0.524. The SMILES string of the molecule is N#CC1=C(N)Oc2[nH]c(=O)[nH]c(=O)c2[C@H]1c1c[nH]c2ccccc12. The number of para-hydroxylation sites is 1. The molecular weight excluding hydrogens is 310 g/mol. The third kappa shape index (κ3) is 1.85. The van der Waals surface area contributed by atoms with Crippen molar-refractivity contribution in [3.8, 4) is 11.9 Å². The number of hydrogen-bond donors (Lipinski definition) is 4. The van der Waals surface area contributed by atoms with Crippen LogP contribution in [-0.4, -0.2) is 15.0 Å². The molecule has 8 heteroatoms. The van der Waals surface area contributed by atoms with Crippen LogP contribution in [0.3, 0.4) is 0 Å². The van der Waals surface area contributed by atoms with E-state index in [9.17, 15) is 14.9 Å². The number of allylic oxidation sites excluding steroid dienone is 1. The number of aromatic amines is 3. The predicted octanol–water partition coefficient (Wildman–Crippen LogP) is 0.763. The van der Waals surface area contributed by atoms with Crippen molar-refractivity contribution in [2.45, 2.75) is 5.92 Å². The van der Waals surface area contributed by atoms with E-state index in [1.54, 1.807) is 6.20 Å². The molecule has 0 fully saturated rings. The molecule has 3 heterocycles. The standard InChI is InChI=1S/C16H11N5O3/c17-5-8-11(9-6-19-10-4-2-1-3-7(9)10)12-14(22)20-16(23)21-15(12)24-13(8)18/h1-4,6,11,19H,18H2,(H2,20,21,22,23)/t11-/m1/s1. The summed E-state index contributed by atoms with van der Waals surface area (Å²) in [6.07, 6.45) is 1.72. The molecule has 0 spiro atoms. The normalized spacial score (nSPS) is 16.5. The first-order valence-corrected chi connectivity index (χ1v) is 7.10. The van der Waals surface area contributed by atoms with Gasteiger partial charge in [-0.3, -0.25) is 14.8 Å². The summed E-state index contributed by atoms with van der Waals surface area (Å²) in [7, 11) is 0. The first-order chi connectivity index (χ1) is 11.6. The van der Waals surface area contributed by atoms with Crippen LogP contribution in [0.25, 0.3) is 10.9 Å². The molecule has 0 unspecified atom stereocenters. The van der Waals surface area contributed by atoms with Crippen molar-refractivity contribution in [1.29, 1.82) is 5.26 Å². The maximum atomic E-state index is 12.4. The molecule has 0 bridgehead atoms. The highest BCUT2D eigenvalue weighted by molar-refractivity contribution is 5.85. The second kappa shape index (κ2) is 4.89. The summed E-state index contributed by atoms with van der Waals surface area (Å²) in [5.41, 5.74) is 6.33. The number of rotatable bonds is 1. The minimum absolute atomic E-state index is 0.0458. The number of nitrogens with zero attached hydrogens (tertiary/aromatic N) is 1. The van der Waals surface area contributed by atoms with Crippen LogP contribution in [0.5, 0.6) is 5.88 Å². The molecule has 24 heavy (non-hydrogen) atoms. The fraction of sp³-hybridized carbons (Fsp3) is 0.0625. The number of benzene rings is 1. The number of ether oxygens (including phenoxy) is 1. The Labute approximate surface area is 134 Å². The van der Waals surface area contributed by atoms with Gasteiger partial charge in [-0.2, -0.15) is 5.26 Å². The molecule has 2 aromatic heterocycles. The molecule has 1 aliphatic heterocycles. The Morgan fingerprint density at radius 1 is 1.21 bits per heavy atom. The Bertz CT molecular complexity index is 1160. The maximum Gasteiger partial charge on any atom is 0.328 e. The first kappa shape index (κ1) is 13.9. The van der Waals surface area contributed by atoms with Gasteiger partial charge >= 0.3 is 5.69 Å². The van der Waals surface area contributed by atoms with Crippen molar-refractivity contribution >= 4 is 10.9 Å². The van der Waals surface area contributed by atoms with Gasteiger partial charge in [0.05, 0.1) is 11.5 Å². The average molecular weight is 321 g/mol. The zero-order valence-electron chi connectivity index (χ0n) is 12.2. The Morgan fingerprint density at radius 2 is 2.00 bits per heavy atom. The Kier molecular flexibility index (Phi) is 2.83. The monoisotopic (exact) mass is 321 g/mol. The molecular formula is C16H11N5O3. The number of aromatic nitrogens is 3. The van der Waals surface area contributed by atoms with E-state index < -0.39 is 17.2 Å². The van der Waals surface area contributed by atoms with Crippen LogP contribution in [0.2, 0.25) is 0 Å². The minimum atomic E-state index is -0.740. The first-order valence-electron chi connectivity index (χ1n) is 7.10. The molecule has 118 valence electrons. The van der Waals surface area contributed by atoms with Crippen LogP contribution in [0.4, 0.5) is 0 Å². The molecule has 5 N–H and O–H groups in total. The summed E-state index contributed by atoms with van der Waals surface area (Å²) in [5, 5.41) is 10.4. The van der Waals surface area contributed by atoms with Gasteiger partial charge in [-0.1, -0.05) is 18.2 Å². The van der Waals surface area contributed by atoms with Gasteiger partial charge in [0.25, 0.3) is 5.56 Å². The lowest BCUT2D eigenvalue weighted by atomic mass is 9.85. The number of nitrogens with two attached hydrogens (primary N) is 1. The van der Waals surface area contributed by atoms with Crippen molar-refractivity contribution in [2.75, 3.05) is 0 Å². The smallest absolute Gasteiger partial charge is 0.328 e. The molecule has 0 radical (unpaired) electrons. The van der Waals surface area contributed by atoms with E-state index in [1.807, 2.05) is 30.3 Å². The molecule has 8 nitrogen and oxygen atoms in total. The molecule has 1 atom stereocenters. The van der Waals surface area contributed by atoms with E-state index in [0.29, 0.717) is 5.56 Å². The lowest BCUT2D eigenvalue weighted by Gasteiger charge is -2.24. The third-order valence-corrected chi connectivity index (χ3v) is 4.05. The highest BCUT2D eigenvalue weighted by atomic mass is 16.5. The number of nitrogens with one attached hydrogen (secondary N) is 3. The maximum absolute atomic E-state index is 12.4. The summed E-state index contributed by atoms with van der Waals surface area (Å²) < 4.78 is 5.29. The summed E-state index contributed by atoms with van der Waals surface area (Å²) >= 11 is 0. The zero-order chi connectivity index (χ0) is 16.8. The second-order valence-electron chi connectivity index (χ2n) is 5.37. The van der Waals surface area contributed by atoms with Gasteiger partial charge in [-0.15, -0.1) is 0 Å². The molecule has 1 aromatic carbocycles. The fourth-order valence-corrected chi connectivity index (χ4v) is 3.03. The summed E-state index contributed by atoms with van der Waals surface area (Å²) in [6.45, 7) is 0. The largest absolute Gasteiger partial charge is 0.424 e. The number of fused-ring (bicyclic) bond motifs is 2. The zero-order valence-corrected chi connectivity index (χ0v) is 12.2. The lowest BCUT2D eigenvalue weighted by Crippen LogP contribution is -2.33. The van der Waals surface area contributed by atoms with Gasteiger partial charge in [0.2, 0.25) is 11.8 Å². The molecule has 3 aromatic rings. The van der Waals surface area contributed by atoms with Crippen molar-refractivity contribution in [3.63, 3.8) is 0 Å². The van der Waals surface area contributed by atoms with Gasteiger partial charge in [0.1, 0.15) is 11.6 Å². The van der Waals surface area contributed by atoms with Crippen molar-refractivity contribution in [2.24, 2.45) is 5.73 Å². The summed E-state index contributed by atoms with van der Waals surface area (Å²) in [5.74, 6) is -0.924. The van der Waals surface area contributed by atoms with E-state index in [1.165, 1.54) is 0 Å². The summed E-state index contributed by atoms with van der Waals surface area (Å²) in [4.78, 5) is 31.6. The number of nitriles is 1. The highest BCUT2D eigenvalue weighted by Crippen LogP contribution is 2.40. The van der Waals surface area contributed by atoms with Crippen LogP contribution in [0, 0.1) is 11.3 Å². The molecule has 0 saturated carbocycles. The average Bonchev–Trinajstić information content (AvgIpc) is 2.97. The Balaban J connectivity index is 2.09. The Hall–Kier alpha value is -3.73. The topological polar surface area (TPSA) is 141 Å². The van der Waals surface area contributed by atoms with E-state index in [-0.39, 0.29) is 22.9 Å². The second-order valence-corrected chi connectivity index (χ2v) is 5.37. The van der Waals surface area contributed by atoms with Gasteiger partial charge in [0, 0.05) is 17.1 Å². The fourth-order valence-electron chi connectivity index (χ4n) is 3.03. The van der Waals surface area contributed by atoms with Crippen molar-refractivity contribution < 1.29 is 4.74 Å². The van der Waals surface area contributed by atoms with Gasteiger partial charge < -0.3 is 15.5 Å². The van der Waals surface area contributed by atoms with E-state index in [0.717, 1.165) is 10.9 Å². The van der Waals surface area contributed by atoms with E-state index in [2.05, 4.69) is 15.0 Å². The van der Waals surface area contributed by atoms with Gasteiger partial charge in [-0.25, -0.2) is 4.79 Å². The van der Waals surface area contributed by atoms with Crippen LogP contribution >= 0.6 is 0 Å². The molecule has 0 saturated heterocycles. The lowest BCUT2D eigenvalue weighted by molar-refractivity contribution is 0.373. The van der Waals surface area contributed by atoms with Crippen LogP contribution in [0.15, 0.2) is 51.5 Å². The number of H-pyrrole nitrogens is 3. The molecule has 4 rings (SSSR count). The molecule has 1 aliphatic rings. The van der Waals surface area contributed by atoms with Gasteiger partial charge in [-0.05, 0) is 11.6 Å². The Morgan fingerprint density at radius 3 is 2.79 bits per heavy atom. The van der Waals surface area contributed by atoms with Gasteiger partial charge in [0.15, 0.2) is 0 Å². The predicted molar refractivity (Wildman–Crippen MR) is 85.3 cm³/mol. The summed E-state index contributed by atoms with van der Waals surface area (Å²) in [6, 6.07) is 9.50. The van der Waals surface area contributed by atoms with Crippen LogP contribution in [0.1, 0.15) is 17.0 Å². The minimum Gasteiger partial charge on any atom is -0.424 e. The van der Waals surface area contributed by atoms with Crippen molar-refractivity contribution in [1.82, 2.24) is 15.0 Å². The van der Waals surface area contributed by atoms with E-state index in [4.69, 9.17) is 10.5 Å². The number of hydrogen-bond acceptors (Lipinski definition) is 5. The van der Waals surface area contributed by atoms with Crippen LogP contribution < -0.4 is 21.7 Å². The molecule has 0 aliphatic carbocycles. The van der Waals surface area contributed by atoms with Crippen LogP contribution in [-0.2, 0) is 0 Å². The van der Waals surface area contributed by atoms with E-state index >= 15 is 0 Å². The highest BCUT2D eigenvalue weighted by Gasteiger charge is 2.35. The van der Waals surface area contributed by atoms with Crippen molar-refractivity contribution in [3.05, 3.63) is 73.9 Å². The third-order valence-electron chi connectivity index (χ3n) is 4.05. The molecule has 0 amide bonds.